The molecule has 74 valence electrons. The predicted octanol–water partition coefficient (Wildman–Crippen LogP) is 1.98. The minimum atomic E-state index is -0.260. The molecule has 0 spiro atoms. The quantitative estimate of drug-likeness (QED) is 0.796. The van der Waals surface area contributed by atoms with Crippen molar-refractivity contribution in [3.05, 3.63) is 35.1 Å². The van der Waals surface area contributed by atoms with E-state index in [1.54, 1.807) is 6.07 Å². The minimum absolute atomic E-state index is 0.0557. The van der Waals surface area contributed by atoms with Crippen LogP contribution in [0.25, 0.3) is 0 Å². The third kappa shape index (κ3) is 2.82. The van der Waals surface area contributed by atoms with Gasteiger partial charge in [-0.1, -0.05) is 0 Å². The zero-order chi connectivity index (χ0) is 10.6. The molecule has 0 aliphatic carbocycles. The van der Waals surface area contributed by atoms with Gasteiger partial charge in [0.05, 0.1) is 11.6 Å². The maximum absolute atomic E-state index is 13.2. The van der Waals surface area contributed by atoms with Gasteiger partial charge < -0.3 is 5.73 Å². The van der Waals surface area contributed by atoms with Crippen LogP contribution in [0, 0.1) is 17.1 Å². The Morgan fingerprint density at radius 1 is 1.57 bits per heavy atom. The van der Waals surface area contributed by atoms with Gasteiger partial charge in [-0.15, -0.1) is 0 Å². The lowest BCUT2D eigenvalue weighted by molar-refractivity contribution is 0.590. The molecule has 2 nitrogen and oxygen atoms in total. The van der Waals surface area contributed by atoms with E-state index in [1.807, 2.05) is 13.0 Å². The molecule has 0 amide bonds. The van der Waals surface area contributed by atoms with Crippen LogP contribution >= 0.6 is 0 Å². The lowest BCUT2D eigenvalue weighted by Crippen LogP contribution is -2.15. The van der Waals surface area contributed by atoms with Crippen molar-refractivity contribution in [2.75, 3.05) is 0 Å². The second-order valence-electron chi connectivity index (χ2n) is 3.43. The smallest absolute Gasteiger partial charge is 0.126 e. The molecule has 0 bridgehead atoms. The van der Waals surface area contributed by atoms with Crippen molar-refractivity contribution >= 4 is 0 Å². The number of halogens is 1. The molecular weight excluding hydrogens is 179 g/mol. The second kappa shape index (κ2) is 4.73. The Morgan fingerprint density at radius 2 is 2.29 bits per heavy atom. The fourth-order valence-electron chi connectivity index (χ4n) is 1.22. The standard InChI is InChI=1S/C11H13FN2/c1-8(14)2-4-10-6-9(7-13)3-5-11(10)12/h3,5-6,8H,2,4,14H2,1H3/t8-/m0/s1. The molecule has 1 atom stereocenters. The zero-order valence-electron chi connectivity index (χ0n) is 8.13. The van der Waals surface area contributed by atoms with Gasteiger partial charge in [0.15, 0.2) is 0 Å². The molecule has 0 unspecified atom stereocenters. The van der Waals surface area contributed by atoms with Crippen LogP contribution < -0.4 is 5.73 Å². The van der Waals surface area contributed by atoms with Crippen LogP contribution in [-0.4, -0.2) is 6.04 Å². The monoisotopic (exact) mass is 192 g/mol. The molecule has 0 saturated carbocycles. The number of nitrogens with zero attached hydrogens (tertiary/aromatic N) is 1. The maximum atomic E-state index is 13.2. The van der Waals surface area contributed by atoms with Gasteiger partial charge in [-0.2, -0.15) is 5.26 Å². The highest BCUT2D eigenvalue weighted by Gasteiger charge is 2.04. The van der Waals surface area contributed by atoms with E-state index in [0.717, 1.165) is 6.42 Å². The van der Waals surface area contributed by atoms with Crippen LogP contribution in [-0.2, 0) is 6.42 Å². The van der Waals surface area contributed by atoms with Crippen molar-refractivity contribution in [2.24, 2.45) is 5.73 Å². The average molecular weight is 192 g/mol. The molecule has 0 saturated heterocycles. The van der Waals surface area contributed by atoms with E-state index >= 15 is 0 Å². The Labute approximate surface area is 83.2 Å². The Morgan fingerprint density at radius 3 is 2.86 bits per heavy atom. The Kier molecular flexibility index (Phi) is 3.61. The normalized spacial score (nSPS) is 12.1. The molecule has 1 aromatic carbocycles. The number of aryl methyl sites for hydroxylation is 1. The van der Waals surface area contributed by atoms with Gasteiger partial charge in [-0.05, 0) is 43.5 Å². The van der Waals surface area contributed by atoms with Gasteiger partial charge in [0.25, 0.3) is 0 Å². The summed E-state index contributed by atoms with van der Waals surface area (Å²) in [5, 5.41) is 8.63. The fourth-order valence-corrected chi connectivity index (χ4v) is 1.22. The SMILES string of the molecule is C[C@H](N)CCc1cc(C#N)ccc1F. The third-order valence-corrected chi connectivity index (χ3v) is 2.04. The van der Waals surface area contributed by atoms with Crippen LogP contribution in [0.5, 0.6) is 0 Å². The first-order valence-electron chi connectivity index (χ1n) is 4.57. The highest BCUT2D eigenvalue weighted by molar-refractivity contribution is 5.33. The van der Waals surface area contributed by atoms with Crippen LogP contribution in [0.4, 0.5) is 4.39 Å². The van der Waals surface area contributed by atoms with E-state index in [1.165, 1.54) is 12.1 Å². The van der Waals surface area contributed by atoms with Gasteiger partial charge >= 0.3 is 0 Å². The molecule has 0 aromatic heterocycles. The Hall–Kier alpha value is -1.40. The average Bonchev–Trinajstić information content (AvgIpc) is 2.16. The summed E-state index contributed by atoms with van der Waals surface area (Å²) in [5.41, 5.74) is 6.64. The summed E-state index contributed by atoms with van der Waals surface area (Å²) in [5.74, 6) is -0.260. The molecule has 14 heavy (non-hydrogen) atoms. The summed E-state index contributed by atoms with van der Waals surface area (Å²) >= 11 is 0. The molecule has 0 radical (unpaired) electrons. The largest absolute Gasteiger partial charge is 0.328 e. The van der Waals surface area contributed by atoms with Crippen LogP contribution in [0.15, 0.2) is 18.2 Å². The van der Waals surface area contributed by atoms with Crippen molar-refractivity contribution in [2.45, 2.75) is 25.8 Å². The van der Waals surface area contributed by atoms with E-state index in [0.29, 0.717) is 17.5 Å². The first kappa shape index (κ1) is 10.7. The molecule has 3 heteroatoms. The number of hydrogen-bond acceptors (Lipinski definition) is 2. The van der Waals surface area contributed by atoms with Crippen molar-refractivity contribution in [3.8, 4) is 6.07 Å². The van der Waals surface area contributed by atoms with Crippen LogP contribution in [0.1, 0.15) is 24.5 Å². The summed E-state index contributed by atoms with van der Waals surface area (Å²) in [6.07, 6.45) is 1.31. The number of nitrogens with two attached hydrogens (primary N) is 1. The van der Waals surface area contributed by atoms with E-state index in [4.69, 9.17) is 11.0 Å². The van der Waals surface area contributed by atoms with Crippen molar-refractivity contribution in [3.63, 3.8) is 0 Å². The summed E-state index contributed by atoms with van der Waals surface area (Å²) < 4.78 is 13.2. The first-order valence-corrected chi connectivity index (χ1v) is 4.57. The lowest BCUT2D eigenvalue weighted by atomic mass is 10.0. The van der Waals surface area contributed by atoms with E-state index in [2.05, 4.69) is 0 Å². The summed E-state index contributed by atoms with van der Waals surface area (Å²) in [4.78, 5) is 0. The lowest BCUT2D eigenvalue weighted by Gasteiger charge is -2.06. The maximum Gasteiger partial charge on any atom is 0.126 e. The molecule has 1 rings (SSSR count). The number of benzene rings is 1. The summed E-state index contributed by atoms with van der Waals surface area (Å²) in [6.45, 7) is 1.88. The van der Waals surface area contributed by atoms with Crippen molar-refractivity contribution in [1.82, 2.24) is 0 Å². The van der Waals surface area contributed by atoms with E-state index < -0.39 is 0 Å². The van der Waals surface area contributed by atoms with Gasteiger partial charge in [0, 0.05) is 6.04 Å². The van der Waals surface area contributed by atoms with E-state index in [9.17, 15) is 4.39 Å². The number of hydrogen-bond donors (Lipinski definition) is 1. The highest BCUT2D eigenvalue weighted by Crippen LogP contribution is 2.12. The van der Waals surface area contributed by atoms with Gasteiger partial charge in [0.2, 0.25) is 0 Å². The molecule has 2 N–H and O–H groups in total. The first-order chi connectivity index (χ1) is 6.63. The Bertz CT molecular complexity index is 353. The molecular formula is C11H13FN2. The van der Waals surface area contributed by atoms with E-state index in [-0.39, 0.29) is 11.9 Å². The predicted molar refractivity (Wildman–Crippen MR) is 53.1 cm³/mol. The topological polar surface area (TPSA) is 49.8 Å². The van der Waals surface area contributed by atoms with Gasteiger partial charge in [0.1, 0.15) is 5.82 Å². The number of rotatable bonds is 3. The molecule has 1 aromatic rings. The van der Waals surface area contributed by atoms with Crippen molar-refractivity contribution in [1.29, 1.82) is 5.26 Å². The van der Waals surface area contributed by atoms with Crippen LogP contribution in [0.3, 0.4) is 0 Å². The fraction of sp³-hybridized carbons (Fsp3) is 0.364. The zero-order valence-corrected chi connectivity index (χ0v) is 8.13. The highest BCUT2D eigenvalue weighted by atomic mass is 19.1. The summed E-state index contributed by atoms with van der Waals surface area (Å²) in [6, 6.07) is 6.43. The Balaban J connectivity index is 2.80. The van der Waals surface area contributed by atoms with Crippen molar-refractivity contribution < 1.29 is 4.39 Å². The van der Waals surface area contributed by atoms with Crippen LogP contribution in [0.2, 0.25) is 0 Å². The van der Waals surface area contributed by atoms with Gasteiger partial charge in [-0.25, -0.2) is 4.39 Å². The second-order valence-corrected chi connectivity index (χ2v) is 3.43. The van der Waals surface area contributed by atoms with Gasteiger partial charge in [-0.3, -0.25) is 0 Å². The molecule has 0 heterocycles. The molecule has 0 fully saturated rings. The third-order valence-electron chi connectivity index (χ3n) is 2.04. The summed E-state index contributed by atoms with van der Waals surface area (Å²) in [7, 11) is 0. The minimum Gasteiger partial charge on any atom is -0.328 e. The number of nitriles is 1. The molecule has 0 aliphatic rings. The molecule has 0 aliphatic heterocycles.